The second-order valence-corrected chi connectivity index (χ2v) is 9.27. The molecule has 7 rings (SSSR count). The molecule has 0 bridgehead atoms. The monoisotopic (exact) mass is 457 g/mol. The Morgan fingerprint density at radius 3 is 2.43 bits per heavy atom. The van der Waals surface area contributed by atoms with E-state index in [1.54, 1.807) is 6.20 Å². The Labute approximate surface area is 201 Å². The summed E-state index contributed by atoms with van der Waals surface area (Å²) in [7, 11) is 0. The number of aromatic amines is 1. The molecular weight excluding hydrogens is 434 g/mol. The summed E-state index contributed by atoms with van der Waals surface area (Å²) in [4.78, 5) is 5.14. The quantitative estimate of drug-likeness (QED) is 0.372. The average Bonchev–Trinajstić information content (AvgIpc) is 3.57. The standard InChI is InChI=1S/C28H23N7/c29-28(13-4-14-28)20-9-7-19(8-10-20)25-21(18-5-2-1-3-6-18)17-22-23(31-25)12-16-35-26(22)33-34-27(35)24-11-15-30-32-24/h1-3,5-12,15-17H,4,13-14,29H2,(H,30,32). The van der Waals surface area contributed by atoms with Crippen molar-refractivity contribution in [2.45, 2.75) is 24.8 Å². The molecular formula is C28H23N7. The molecule has 0 atom stereocenters. The molecule has 4 heterocycles. The van der Waals surface area contributed by atoms with Crippen molar-refractivity contribution in [3.8, 4) is 33.9 Å². The number of pyridine rings is 2. The van der Waals surface area contributed by atoms with Crippen LogP contribution in [0.15, 0.2) is 85.2 Å². The van der Waals surface area contributed by atoms with Gasteiger partial charge in [-0.15, -0.1) is 10.2 Å². The summed E-state index contributed by atoms with van der Waals surface area (Å²) >= 11 is 0. The first kappa shape index (κ1) is 20.1. The van der Waals surface area contributed by atoms with Gasteiger partial charge in [0.05, 0.1) is 11.2 Å². The zero-order valence-corrected chi connectivity index (χ0v) is 19.0. The third-order valence-electron chi connectivity index (χ3n) is 7.18. The van der Waals surface area contributed by atoms with Crippen LogP contribution >= 0.6 is 0 Å². The molecule has 3 N–H and O–H groups in total. The lowest BCUT2D eigenvalue weighted by Crippen LogP contribution is -2.43. The summed E-state index contributed by atoms with van der Waals surface area (Å²) in [5.41, 5.74) is 14.2. The first-order chi connectivity index (χ1) is 17.2. The summed E-state index contributed by atoms with van der Waals surface area (Å²) in [5.74, 6) is 0.715. The minimum atomic E-state index is -0.177. The molecule has 0 amide bonds. The van der Waals surface area contributed by atoms with Crippen LogP contribution in [0.2, 0.25) is 0 Å². The number of benzene rings is 2. The van der Waals surface area contributed by atoms with Crippen LogP contribution in [0, 0.1) is 0 Å². The van der Waals surface area contributed by atoms with Crippen LogP contribution in [0.3, 0.4) is 0 Å². The van der Waals surface area contributed by atoms with Crippen molar-refractivity contribution in [3.63, 3.8) is 0 Å². The highest BCUT2D eigenvalue weighted by Crippen LogP contribution is 2.40. The number of aromatic nitrogens is 6. The molecule has 6 aromatic rings. The number of H-pyrrole nitrogens is 1. The van der Waals surface area contributed by atoms with Crippen molar-refractivity contribution in [2.75, 3.05) is 0 Å². The molecule has 1 saturated carbocycles. The number of hydrogen-bond donors (Lipinski definition) is 2. The van der Waals surface area contributed by atoms with Crippen molar-refractivity contribution in [2.24, 2.45) is 5.73 Å². The Bertz CT molecular complexity index is 1660. The van der Waals surface area contributed by atoms with E-state index in [-0.39, 0.29) is 5.54 Å². The largest absolute Gasteiger partial charge is 0.321 e. The number of nitrogens with two attached hydrogens (primary N) is 1. The molecule has 2 aromatic carbocycles. The smallest absolute Gasteiger partial charge is 0.186 e. The topological polar surface area (TPSA) is 97.8 Å². The van der Waals surface area contributed by atoms with Crippen LogP contribution in [-0.2, 0) is 5.54 Å². The second kappa shape index (κ2) is 7.58. The van der Waals surface area contributed by atoms with Crippen molar-refractivity contribution in [1.29, 1.82) is 0 Å². The number of nitrogens with zero attached hydrogens (tertiary/aromatic N) is 5. The molecule has 0 unspecified atom stereocenters. The van der Waals surface area contributed by atoms with Gasteiger partial charge >= 0.3 is 0 Å². The van der Waals surface area contributed by atoms with E-state index in [1.807, 2.05) is 28.8 Å². The van der Waals surface area contributed by atoms with Crippen LogP contribution in [0.5, 0.6) is 0 Å². The highest BCUT2D eigenvalue weighted by Gasteiger charge is 2.34. The maximum Gasteiger partial charge on any atom is 0.186 e. The van der Waals surface area contributed by atoms with Gasteiger partial charge in [-0.2, -0.15) is 5.10 Å². The van der Waals surface area contributed by atoms with Crippen molar-refractivity contribution in [1.82, 2.24) is 29.8 Å². The lowest BCUT2D eigenvalue weighted by molar-refractivity contribution is 0.253. The third-order valence-corrected chi connectivity index (χ3v) is 7.18. The number of hydrogen-bond acceptors (Lipinski definition) is 5. The molecule has 35 heavy (non-hydrogen) atoms. The van der Waals surface area contributed by atoms with Gasteiger partial charge in [-0.3, -0.25) is 9.50 Å². The molecule has 1 aliphatic carbocycles. The maximum atomic E-state index is 6.56. The van der Waals surface area contributed by atoms with E-state index in [0.717, 1.165) is 57.5 Å². The fourth-order valence-electron chi connectivity index (χ4n) is 5.02. The molecule has 170 valence electrons. The van der Waals surface area contributed by atoms with E-state index < -0.39 is 0 Å². The van der Waals surface area contributed by atoms with Crippen LogP contribution in [0.25, 0.3) is 50.5 Å². The second-order valence-electron chi connectivity index (χ2n) is 9.27. The van der Waals surface area contributed by atoms with Gasteiger partial charge in [0.15, 0.2) is 11.5 Å². The molecule has 0 radical (unpaired) electrons. The van der Waals surface area contributed by atoms with E-state index >= 15 is 0 Å². The van der Waals surface area contributed by atoms with Gasteiger partial charge in [-0.05, 0) is 48.6 Å². The average molecular weight is 458 g/mol. The molecule has 7 heteroatoms. The normalized spacial score (nSPS) is 14.9. The predicted octanol–water partition coefficient (Wildman–Crippen LogP) is 5.34. The Balaban J connectivity index is 1.43. The minimum Gasteiger partial charge on any atom is -0.321 e. The van der Waals surface area contributed by atoms with Crippen molar-refractivity contribution >= 4 is 16.6 Å². The van der Waals surface area contributed by atoms with E-state index in [1.165, 1.54) is 12.0 Å². The highest BCUT2D eigenvalue weighted by molar-refractivity contribution is 5.98. The predicted molar refractivity (Wildman–Crippen MR) is 136 cm³/mol. The molecule has 7 nitrogen and oxygen atoms in total. The molecule has 0 aliphatic heterocycles. The van der Waals surface area contributed by atoms with Gasteiger partial charge in [0.2, 0.25) is 0 Å². The molecule has 0 spiro atoms. The first-order valence-corrected chi connectivity index (χ1v) is 11.8. The SMILES string of the molecule is NC1(c2ccc(-c3nc4ccn5c(-c6ccn[nH]6)nnc5c4cc3-c3ccccc3)cc2)CCC1. The first-order valence-electron chi connectivity index (χ1n) is 11.8. The molecule has 4 aromatic heterocycles. The Morgan fingerprint density at radius 2 is 1.71 bits per heavy atom. The van der Waals surface area contributed by atoms with Crippen molar-refractivity contribution in [3.05, 3.63) is 90.8 Å². The van der Waals surface area contributed by atoms with Gasteiger partial charge in [-0.25, -0.2) is 4.98 Å². The van der Waals surface area contributed by atoms with Gasteiger partial charge in [-0.1, -0.05) is 54.6 Å². The van der Waals surface area contributed by atoms with Gasteiger partial charge in [0, 0.05) is 34.4 Å². The lowest BCUT2D eigenvalue weighted by atomic mass is 9.72. The van der Waals surface area contributed by atoms with E-state index in [2.05, 4.69) is 75.0 Å². The molecule has 1 fully saturated rings. The van der Waals surface area contributed by atoms with Crippen LogP contribution in [0.4, 0.5) is 0 Å². The fourth-order valence-corrected chi connectivity index (χ4v) is 5.02. The van der Waals surface area contributed by atoms with E-state index in [9.17, 15) is 0 Å². The number of fused-ring (bicyclic) bond motifs is 3. The lowest BCUT2D eigenvalue weighted by Gasteiger charge is -2.38. The molecule has 1 aliphatic rings. The minimum absolute atomic E-state index is 0.177. The Morgan fingerprint density at radius 1 is 0.886 bits per heavy atom. The summed E-state index contributed by atoms with van der Waals surface area (Å²) in [5, 5.41) is 16.9. The maximum absolute atomic E-state index is 6.56. The van der Waals surface area contributed by atoms with Crippen LogP contribution < -0.4 is 5.73 Å². The zero-order valence-electron chi connectivity index (χ0n) is 19.0. The molecule has 0 saturated heterocycles. The summed E-state index contributed by atoms with van der Waals surface area (Å²) < 4.78 is 1.97. The Kier molecular flexibility index (Phi) is 4.34. The van der Waals surface area contributed by atoms with Gasteiger partial charge in [0.25, 0.3) is 0 Å². The third kappa shape index (κ3) is 3.16. The summed E-state index contributed by atoms with van der Waals surface area (Å²) in [6, 6.07) is 25.1. The Hall–Kier alpha value is -4.36. The number of rotatable bonds is 4. The van der Waals surface area contributed by atoms with Crippen LogP contribution in [-0.4, -0.2) is 29.8 Å². The fraction of sp³-hybridized carbons (Fsp3) is 0.143. The van der Waals surface area contributed by atoms with Crippen LogP contribution in [0.1, 0.15) is 24.8 Å². The van der Waals surface area contributed by atoms with Gasteiger partial charge in [0.1, 0.15) is 5.69 Å². The van der Waals surface area contributed by atoms with E-state index in [0.29, 0.717) is 5.82 Å². The van der Waals surface area contributed by atoms with Gasteiger partial charge < -0.3 is 5.73 Å². The summed E-state index contributed by atoms with van der Waals surface area (Å²) in [6.45, 7) is 0. The van der Waals surface area contributed by atoms with Crippen molar-refractivity contribution < 1.29 is 0 Å². The summed E-state index contributed by atoms with van der Waals surface area (Å²) in [6.07, 6.45) is 6.96. The van der Waals surface area contributed by atoms with E-state index in [4.69, 9.17) is 10.7 Å². The number of nitrogens with one attached hydrogen (secondary N) is 1. The zero-order chi connectivity index (χ0) is 23.4. The highest BCUT2D eigenvalue weighted by atomic mass is 15.3.